The summed E-state index contributed by atoms with van der Waals surface area (Å²) >= 11 is 1.76. The lowest BCUT2D eigenvalue weighted by atomic mass is 9.97. The van der Waals surface area contributed by atoms with Crippen LogP contribution >= 0.6 is 11.8 Å². The van der Waals surface area contributed by atoms with Gasteiger partial charge in [0, 0.05) is 43.5 Å². The number of hydrogen-bond donors (Lipinski definition) is 2. The van der Waals surface area contributed by atoms with E-state index in [4.69, 9.17) is 14.6 Å². The molecule has 4 heterocycles. The summed E-state index contributed by atoms with van der Waals surface area (Å²) in [5.41, 5.74) is 2.47. The fourth-order valence-electron chi connectivity index (χ4n) is 3.78. The Morgan fingerprint density at radius 1 is 1.33 bits per heavy atom. The molecule has 0 radical (unpaired) electrons. The van der Waals surface area contributed by atoms with E-state index in [-0.39, 0.29) is 0 Å². The van der Waals surface area contributed by atoms with Gasteiger partial charge in [0.05, 0.1) is 18.8 Å². The summed E-state index contributed by atoms with van der Waals surface area (Å²) in [7, 11) is 1.98. The second kappa shape index (κ2) is 10.9. The smallest absolute Gasteiger partial charge is 0.300 e. The minimum absolute atomic E-state index is 0.297. The molecule has 0 aliphatic carbocycles. The van der Waals surface area contributed by atoms with Crippen LogP contribution < -0.4 is 5.32 Å². The maximum absolute atomic E-state index is 9.00. The fourth-order valence-corrected chi connectivity index (χ4v) is 4.77. The minimum Gasteiger partial charge on any atom is -0.481 e. The molecule has 1 atom stereocenters. The van der Waals surface area contributed by atoms with Crippen molar-refractivity contribution in [2.75, 3.05) is 19.7 Å². The molecule has 0 aromatic carbocycles. The number of carboxylic acid groups (broad SMARTS) is 1. The maximum Gasteiger partial charge on any atom is 0.300 e. The van der Waals surface area contributed by atoms with Gasteiger partial charge in [0.25, 0.3) is 5.97 Å². The van der Waals surface area contributed by atoms with Crippen LogP contribution in [0, 0.1) is 6.92 Å². The van der Waals surface area contributed by atoms with E-state index in [1.165, 1.54) is 11.3 Å². The van der Waals surface area contributed by atoms with Crippen LogP contribution in [0.4, 0.5) is 0 Å². The first-order valence-corrected chi connectivity index (χ1v) is 11.5. The second-order valence-corrected chi connectivity index (χ2v) is 8.74. The number of nitrogens with zero attached hydrogens (tertiary/aromatic N) is 5. The van der Waals surface area contributed by atoms with E-state index in [2.05, 4.69) is 32.1 Å². The van der Waals surface area contributed by atoms with Gasteiger partial charge >= 0.3 is 0 Å². The van der Waals surface area contributed by atoms with Crippen LogP contribution in [-0.2, 0) is 28.9 Å². The highest BCUT2D eigenvalue weighted by molar-refractivity contribution is 7.98. The molecule has 2 fully saturated rings. The van der Waals surface area contributed by atoms with Gasteiger partial charge < -0.3 is 19.7 Å². The maximum atomic E-state index is 9.00. The molecule has 0 bridgehead atoms. The summed E-state index contributed by atoms with van der Waals surface area (Å²) < 4.78 is 10.2. The van der Waals surface area contributed by atoms with Gasteiger partial charge in [-0.15, -0.1) is 10.2 Å². The number of aryl methyl sites for hydroxylation is 1. The molecule has 0 saturated carbocycles. The van der Waals surface area contributed by atoms with Gasteiger partial charge in [0.15, 0.2) is 5.16 Å². The van der Waals surface area contributed by atoms with Crippen molar-refractivity contribution in [3.05, 3.63) is 23.3 Å². The summed E-state index contributed by atoms with van der Waals surface area (Å²) in [4.78, 5) is 9.00. The Balaban J connectivity index is 0.000000589. The van der Waals surface area contributed by atoms with Crippen molar-refractivity contribution in [2.24, 2.45) is 7.05 Å². The molecule has 2 aliphatic heterocycles. The third-order valence-electron chi connectivity index (χ3n) is 5.55. The van der Waals surface area contributed by atoms with Crippen LogP contribution in [0.5, 0.6) is 0 Å². The quantitative estimate of drug-likeness (QED) is 0.665. The number of carboxylic acids is 1. The minimum atomic E-state index is -0.833. The van der Waals surface area contributed by atoms with Crippen molar-refractivity contribution in [1.29, 1.82) is 0 Å². The number of rotatable bonds is 6. The Labute approximate surface area is 181 Å². The Hall–Kier alpha value is -1.91. The number of aliphatic carboxylic acids is 1. The van der Waals surface area contributed by atoms with Crippen LogP contribution in [-0.4, -0.2) is 61.4 Å². The lowest BCUT2D eigenvalue weighted by molar-refractivity contribution is -0.134. The molecule has 2 aromatic heterocycles. The lowest BCUT2D eigenvalue weighted by Crippen LogP contribution is -2.29. The van der Waals surface area contributed by atoms with Gasteiger partial charge in [-0.05, 0) is 45.7 Å². The topological polar surface area (TPSA) is 107 Å². The molecule has 2 aliphatic rings. The predicted molar refractivity (Wildman–Crippen MR) is 115 cm³/mol. The summed E-state index contributed by atoms with van der Waals surface area (Å²) in [6.45, 7) is 7.08. The van der Waals surface area contributed by atoms with Gasteiger partial charge in [0.2, 0.25) is 0 Å². The van der Waals surface area contributed by atoms with Crippen molar-refractivity contribution in [2.45, 2.75) is 69.0 Å². The third kappa shape index (κ3) is 6.05. The number of carbonyl (C=O) groups is 1. The molecule has 0 amide bonds. The zero-order valence-electron chi connectivity index (χ0n) is 18.0. The molecule has 4 rings (SSSR count). The van der Waals surface area contributed by atoms with E-state index in [9.17, 15) is 0 Å². The molecule has 1 unspecified atom stereocenters. The number of ether oxygens (including phenoxy) is 1. The van der Waals surface area contributed by atoms with E-state index >= 15 is 0 Å². The number of nitrogens with one attached hydrogen (secondary N) is 1. The fraction of sp³-hybridized carbons (Fsp3) is 0.700. The highest BCUT2D eigenvalue weighted by Crippen LogP contribution is 2.30. The molecule has 30 heavy (non-hydrogen) atoms. The van der Waals surface area contributed by atoms with Crippen molar-refractivity contribution >= 4 is 17.7 Å². The third-order valence-corrected chi connectivity index (χ3v) is 6.57. The van der Waals surface area contributed by atoms with Crippen LogP contribution in [0.25, 0.3) is 0 Å². The van der Waals surface area contributed by atoms with Gasteiger partial charge in [0.1, 0.15) is 5.82 Å². The van der Waals surface area contributed by atoms with E-state index in [0.717, 1.165) is 75.6 Å². The molecule has 0 spiro atoms. The van der Waals surface area contributed by atoms with Crippen molar-refractivity contribution in [3.63, 3.8) is 0 Å². The largest absolute Gasteiger partial charge is 0.481 e. The highest BCUT2D eigenvalue weighted by Gasteiger charge is 2.26. The Morgan fingerprint density at radius 3 is 2.67 bits per heavy atom. The Bertz CT molecular complexity index is 821. The number of piperidine rings is 1. The van der Waals surface area contributed by atoms with Gasteiger partial charge in [-0.1, -0.05) is 11.8 Å². The standard InChI is InChI=1S/C18H28N6OS.C2H4O2/c1-13-15(10-20-23(13)2)12-26-18-22-21-17(14-5-7-19-8-6-14)24(18)11-16-4-3-9-25-16;1-2(3)4/h10,14,16,19H,3-9,11-12H2,1-2H3;1H3,(H,3,4). The van der Waals surface area contributed by atoms with Crippen molar-refractivity contribution < 1.29 is 14.6 Å². The molecule has 9 nitrogen and oxygen atoms in total. The second-order valence-electron chi connectivity index (χ2n) is 7.80. The molecule has 2 aromatic rings. The number of aromatic nitrogens is 5. The number of thioether (sulfide) groups is 1. The first-order valence-electron chi connectivity index (χ1n) is 10.5. The average Bonchev–Trinajstić information content (AvgIpc) is 3.44. The van der Waals surface area contributed by atoms with E-state index in [1.807, 2.05) is 17.9 Å². The van der Waals surface area contributed by atoms with Crippen molar-refractivity contribution in [3.8, 4) is 0 Å². The molecule has 10 heteroatoms. The Morgan fingerprint density at radius 2 is 2.07 bits per heavy atom. The van der Waals surface area contributed by atoms with Crippen molar-refractivity contribution in [1.82, 2.24) is 29.9 Å². The SMILES string of the molecule is CC(=O)O.Cc1c(CSc2nnc(C3CCNCC3)n2CC2CCCO2)cnn1C. The summed E-state index contributed by atoms with van der Waals surface area (Å²) in [5.74, 6) is 1.68. The Kier molecular flexibility index (Phi) is 8.29. The molecular weight excluding hydrogens is 404 g/mol. The van der Waals surface area contributed by atoms with E-state index in [1.54, 1.807) is 11.8 Å². The van der Waals surface area contributed by atoms with E-state index < -0.39 is 5.97 Å². The monoisotopic (exact) mass is 436 g/mol. The lowest BCUT2D eigenvalue weighted by Gasteiger charge is -2.23. The van der Waals surface area contributed by atoms with Gasteiger partial charge in [-0.3, -0.25) is 9.48 Å². The summed E-state index contributed by atoms with van der Waals surface area (Å²) in [6.07, 6.45) is 6.82. The molecule has 166 valence electrons. The number of hydrogen-bond acceptors (Lipinski definition) is 7. The van der Waals surface area contributed by atoms with Crippen LogP contribution in [0.1, 0.15) is 55.6 Å². The van der Waals surface area contributed by atoms with E-state index in [0.29, 0.717) is 12.0 Å². The summed E-state index contributed by atoms with van der Waals surface area (Å²) in [5, 5.41) is 25.4. The highest BCUT2D eigenvalue weighted by atomic mass is 32.2. The zero-order valence-corrected chi connectivity index (χ0v) is 18.8. The first kappa shape index (κ1) is 22.8. The van der Waals surface area contributed by atoms with Gasteiger partial charge in [-0.2, -0.15) is 5.10 Å². The predicted octanol–water partition coefficient (Wildman–Crippen LogP) is 2.35. The average molecular weight is 437 g/mol. The van der Waals surface area contributed by atoms with Crippen LogP contribution in [0.3, 0.4) is 0 Å². The van der Waals surface area contributed by atoms with Crippen LogP contribution in [0.15, 0.2) is 11.4 Å². The molecule has 2 N–H and O–H groups in total. The normalized spacial score (nSPS) is 19.5. The zero-order chi connectivity index (χ0) is 21.5. The van der Waals surface area contributed by atoms with Gasteiger partial charge in [-0.25, -0.2) is 0 Å². The van der Waals surface area contributed by atoms with Crippen LogP contribution in [0.2, 0.25) is 0 Å². The first-order chi connectivity index (χ1) is 14.5. The summed E-state index contributed by atoms with van der Waals surface area (Å²) in [6, 6.07) is 0. The molecule has 2 saturated heterocycles. The molecular formula is C20H32N6O3S.